The molecule has 5 N–H and O–H groups in total. The van der Waals surface area contributed by atoms with Crippen LogP contribution in [0.15, 0.2) is 0 Å². The van der Waals surface area contributed by atoms with E-state index in [4.69, 9.17) is 27.7 Å². The Hall–Kier alpha value is -0.360. The minimum absolute atomic E-state index is 0.134. The molecule has 0 radical (unpaired) electrons. The molecule has 0 aliphatic rings. The summed E-state index contributed by atoms with van der Waals surface area (Å²) in [7, 11) is 0. The van der Waals surface area contributed by atoms with Crippen LogP contribution in [0.25, 0.3) is 0 Å². The molecule has 0 fully saturated rings. The Bertz CT molecular complexity index is 145. The zero-order chi connectivity index (χ0) is 9.56. The molecular formula is C6H13ClN2O3. The lowest BCUT2D eigenvalue weighted by Crippen LogP contribution is -2.32. The molecule has 0 bridgehead atoms. The normalized spacial score (nSPS) is 15.6. The Labute approximate surface area is 75.6 Å². The van der Waals surface area contributed by atoms with Crippen LogP contribution in [-0.4, -0.2) is 34.9 Å². The molecule has 0 aromatic heterocycles. The first kappa shape index (κ1) is 11.6. The molecule has 0 aromatic rings. The third kappa shape index (κ3) is 4.50. The number of carboxylic acid groups (broad SMARTS) is 1. The maximum Gasteiger partial charge on any atom is 0.321 e. The number of aliphatic hydroxyl groups is 1. The molecule has 12 heavy (non-hydrogen) atoms. The number of nitrogens with one attached hydrogen (secondary N) is 1. The van der Waals surface area contributed by atoms with Crippen LogP contribution in [0, 0.1) is 0 Å². The molecule has 5 nitrogen and oxygen atoms in total. The van der Waals surface area contributed by atoms with Gasteiger partial charge in [-0.1, -0.05) is 0 Å². The molecule has 0 saturated carbocycles. The second-order valence-corrected chi connectivity index (χ2v) is 2.69. The summed E-state index contributed by atoms with van der Waals surface area (Å²) in [6.07, 6.45) is -0.0680. The van der Waals surface area contributed by atoms with E-state index < -0.39 is 18.1 Å². The zero-order valence-corrected chi connectivity index (χ0v) is 7.29. The lowest BCUT2D eigenvalue weighted by atomic mass is 10.1. The number of nitrogens with two attached hydrogens (primary N) is 1. The number of carbonyl (C=O) groups is 1. The zero-order valence-electron chi connectivity index (χ0n) is 6.53. The molecule has 0 unspecified atom stereocenters. The third-order valence-corrected chi connectivity index (χ3v) is 1.75. The van der Waals surface area contributed by atoms with Crippen LogP contribution in [0.1, 0.15) is 12.8 Å². The van der Waals surface area contributed by atoms with E-state index in [1.54, 1.807) is 0 Å². The van der Waals surface area contributed by atoms with Gasteiger partial charge >= 0.3 is 5.97 Å². The Kier molecular flexibility index (Phi) is 6.00. The largest absolute Gasteiger partial charge is 0.480 e. The summed E-state index contributed by atoms with van der Waals surface area (Å²) in [6.45, 7) is 0.134. The van der Waals surface area contributed by atoms with E-state index in [1.807, 2.05) is 0 Å². The summed E-state index contributed by atoms with van der Waals surface area (Å²) in [5.74, 6) is -1.03. The van der Waals surface area contributed by atoms with Gasteiger partial charge in [0.05, 0.1) is 6.10 Å². The molecule has 0 rings (SSSR count). The maximum absolute atomic E-state index is 10.4. The topological polar surface area (TPSA) is 95.6 Å². The number of rotatable bonds is 6. The summed E-state index contributed by atoms with van der Waals surface area (Å²) in [5, 5.41) is 17.5. The van der Waals surface area contributed by atoms with E-state index >= 15 is 0 Å². The number of aliphatic hydroxyl groups excluding tert-OH is 1. The first-order valence-electron chi connectivity index (χ1n) is 3.59. The van der Waals surface area contributed by atoms with Gasteiger partial charge in [0.1, 0.15) is 6.04 Å². The Morgan fingerprint density at radius 1 is 1.58 bits per heavy atom. The van der Waals surface area contributed by atoms with Crippen molar-refractivity contribution in [1.29, 1.82) is 0 Å². The molecule has 0 aliphatic heterocycles. The second kappa shape index (κ2) is 6.19. The van der Waals surface area contributed by atoms with Crippen molar-refractivity contribution < 1.29 is 15.0 Å². The third-order valence-electron chi connectivity index (χ3n) is 1.49. The monoisotopic (exact) mass is 196 g/mol. The van der Waals surface area contributed by atoms with E-state index in [0.29, 0.717) is 6.42 Å². The summed E-state index contributed by atoms with van der Waals surface area (Å²) in [5.41, 5.74) is 5.12. The van der Waals surface area contributed by atoms with Crippen molar-refractivity contribution in [3.63, 3.8) is 0 Å². The quantitative estimate of drug-likeness (QED) is 0.421. The summed E-state index contributed by atoms with van der Waals surface area (Å²) in [6, 6.07) is -0.826. The van der Waals surface area contributed by atoms with Crippen LogP contribution in [0.4, 0.5) is 0 Å². The molecule has 0 aromatic carbocycles. The maximum atomic E-state index is 10.4. The summed E-state index contributed by atoms with van der Waals surface area (Å²) in [4.78, 5) is 12.5. The van der Waals surface area contributed by atoms with Crippen molar-refractivity contribution in [1.82, 2.24) is 4.84 Å². The number of aliphatic carboxylic acids is 1. The van der Waals surface area contributed by atoms with Crippen molar-refractivity contribution >= 4 is 17.7 Å². The van der Waals surface area contributed by atoms with Crippen LogP contribution < -0.4 is 10.6 Å². The van der Waals surface area contributed by atoms with E-state index in [-0.39, 0.29) is 13.0 Å². The van der Waals surface area contributed by atoms with Crippen LogP contribution >= 0.6 is 11.8 Å². The van der Waals surface area contributed by atoms with E-state index in [1.165, 1.54) is 0 Å². The van der Waals surface area contributed by atoms with Gasteiger partial charge in [-0.3, -0.25) is 4.79 Å². The van der Waals surface area contributed by atoms with E-state index in [9.17, 15) is 4.79 Å². The van der Waals surface area contributed by atoms with Gasteiger partial charge in [-0.25, -0.2) is 4.84 Å². The van der Waals surface area contributed by atoms with Gasteiger partial charge in [-0.05, 0) is 24.6 Å². The SMILES string of the molecule is NC[C@H](O)CC[C@H](NCl)C(=O)O. The van der Waals surface area contributed by atoms with Gasteiger partial charge < -0.3 is 15.9 Å². The fraction of sp³-hybridized carbons (Fsp3) is 0.833. The molecule has 0 amide bonds. The second-order valence-electron chi connectivity index (χ2n) is 2.47. The fourth-order valence-corrected chi connectivity index (χ4v) is 0.904. The highest BCUT2D eigenvalue weighted by Crippen LogP contribution is 2.01. The van der Waals surface area contributed by atoms with Crippen molar-refractivity contribution in [2.24, 2.45) is 5.73 Å². The fourth-order valence-electron chi connectivity index (χ4n) is 0.702. The minimum Gasteiger partial charge on any atom is -0.480 e. The first-order chi connectivity index (χ1) is 5.61. The van der Waals surface area contributed by atoms with Crippen LogP contribution in [0.2, 0.25) is 0 Å². The Balaban J connectivity index is 3.65. The molecule has 0 saturated heterocycles. The average Bonchev–Trinajstić information content (AvgIpc) is 2.04. The number of hydrogen-bond acceptors (Lipinski definition) is 4. The van der Waals surface area contributed by atoms with Crippen LogP contribution in [0.5, 0.6) is 0 Å². The average molecular weight is 197 g/mol. The number of halogens is 1. The van der Waals surface area contributed by atoms with Gasteiger partial charge in [0, 0.05) is 6.54 Å². The van der Waals surface area contributed by atoms with Crippen LogP contribution in [0.3, 0.4) is 0 Å². The molecule has 2 atom stereocenters. The van der Waals surface area contributed by atoms with Gasteiger partial charge in [0.2, 0.25) is 0 Å². The predicted molar refractivity (Wildman–Crippen MR) is 44.7 cm³/mol. The Morgan fingerprint density at radius 3 is 2.50 bits per heavy atom. The molecular weight excluding hydrogens is 184 g/mol. The van der Waals surface area contributed by atoms with Crippen LogP contribution in [-0.2, 0) is 4.79 Å². The smallest absolute Gasteiger partial charge is 0.321 e. The van der Waals surface area contributed by atoms with Crippen molar-refractivity contribution in [3.8, 4) is 0 Å². The minimum atomic E-state index is -1.03. The molecule has 0 spiro atoms. The van der Waals surface area contributed by atoms with Gasteiger partial charge in [0.15, 0.2) is 0 Å². The lowest BCUT2D eigenvalue weighted by molar-refractivity contribution is -0.139. The first-order valence-corrected chi connectivity index (χ1v) is 3.96. The predicted octanol–water partition coefficient (Wildman–Crippen LogP) is -0.717. The molecule has 0 aliphatic carbocycles. The van der Waals surface area contributed by atoms with Gasteiger partial charge in [0.25, 0.3) is 0 Å². The summed E-state index contributed by atoms with van der Waals surface area (Å²) >= 11 is 5.15. The number of hydrogen-bond donors (Lipinski definition) is 4. The van der Waals surface area contributed by atoms with E-state index in [2.05, 4.69) is 4.84 Å². The summed E-state index contributed by atoms with van der Waals surface area (Å²) < 4.78 is 0. The van der Waals surface area contributed by atoms with Crippen molar-refractivity contribution in [3.05, 3.63) is 0 Å². The van der Waals surface area contributed by atoms with E-state index in [0.717, 1.165) is 0 Å². The highest BCUT2D eigenvalue weighted by atomic mass is 35.5. The van der Waals surface area contributed by atoms with Gasteiger partial charge in [-0.2, -0.15) is 0 Å². The van der Waals surface area contributed by atoms with Crippen molar-refractivity contribution in [2.75, 3.05) is 6.54 Å². The highest BCUT2D eigenvalue weighted by molar-refractivity contribution is 6.14. The molecule has 72 valence electrons. The van der Waals surface area contributed by atoms with Crippen molar-refractivity contribution in [2.45, 2.75) is 25.0 Å². The highest BCUT2D eigenvalue weighted by Gasteiger charge is 2.16. The lowest BCUT2D eigenvalue weighted by Gasteiger charge is -2.11. The standard InChI is InChI=1S/C6H13ClN2O3/c7-9-5(6(11)12)2-1-4(10)3-8/h4-5,9-10H,1-3,8H2,(H,11,12)/t4-,5+/m1/s1. The number of carboxylic acids is 1. The molecule has 6 heteroatoms. The molecule has 0 heterocycles. The Morgan fingerprint density at radius 2 is 2.17 bits per heavy atom. The van der Waals surface area contributed by atoms with Gasteiger partial charge in [-0.15, -0.1) is 0 Å².